The van der Waals surface area contributed by atoms with Gasteiger partial charge in [-0.3, -0.25) is 14.9 Å². The average Bonchev–Trinajstić information content (AvgIpc) is 3.20. The molecule has 1 amide bonds. The number of nitrogens with zero attached hydrogens (tertiary/aromatic N) is 3. The van der Waals surface area contributed by atoms with Crippen LogP contribution >= 0.6 is 0 Å². The molecule has 144 valence electrons. The van der Waals surface area contributed by atoms with Crippen molar-refractivity contribution in [1.29, 1.82) is 0 Å². The molecule has 1 fully saturated rings. The standard InChI is InChI=1S/C21H21FN4O2/c1-14-6-7-23-18(10-14)19-12-20(25-24-19)21(27)26-8-9-28-13-16(26)11-15-4-2-3-5-17(15)22/h2-7,10,12,16H,8-9,11,13H2,1H3,(H,24,25)/t16-/m1/s1. The van der Waals surface area contributed by atoms with Crippen LogP contribution in [0, 0.1) is 12.7 Å². The third-order valence-electron chi connectivity index (χ3n) is 4.89. The average molecular weight is 380 g/mol. The van der Waals surface area contributed by atoms with Crippen molar-refractivity contribution in [2.24, 2.45) is 0 Å². The number of amides is 1. The molecule has 3 aromatic rings. The number of aromatic nitrogens is 3. The molecule has 1 aliphatic heterocycles. The van der Waals surface area contributed by atoms with Crippen molar-refractivity contribution in [1.82, 2.24) is 20.1 Å². The Labute approximate surface area is 162 Å². The maximum atomic E-state index is 14.1. The molecule has 0 saturated carbocycles. The van der Waals surface area contributed by atoms with Crippen LogP contribution in [0.4, 0.5) is 4.39 Å². The van der Waals surface area contributed by atoms with Gasteiger partial charge < -0.3 is 9.64 Å². The lowest BCUT2D eigenvalue weighted by atomic mass is 10.0. The highest BCUT2D eigenvalue weighted by Crippen LogP contribution is 2.20. The van der Waals surface area contributed by atoms with Gasteiger partial charge in [0.05, 0.1) is 24.9 Å². The summed E-state index contributed by atoms with van der Waals surface area (Å²) < 4.78 is 19.6. The van der Waals surface area contributed by atoms with Gasteiger partial charge in [0.1, 0.15) is 17.2 Å². The molecule has 2 aromatic heterocycles. The van der Waals surface area contributed by atoms with Gasteiger partial charge in [0.2, 0.25) is 0 Å². The number of pyridine rings is 1. The number of carbonyl (C=O) groups excluding carboxylic acids is 1. The molecule has 0 bridgehead atoms. The molecule has 1 saturated heterocycles. The van der Waals surface area contributed by atoms with Crippen LogP contribution in [-0.2, 0) is 11.2 Å². The van der Waals surface area contributed by atoms with E-state index in [4.69, 9.17) is 4.74 Å². The van der Waals surface area contributed by atoms with Gasteiger partial charge >= 0.3 is 0 Å². The highest BCUT2D eigenvalue weighted by molar-refractivity contribution is 5.93. The maximum Gasteiger partial charge on any atom is 0.272 e. The number of aromatic amines is 1. The zero-order valence-corrected chi connectivity index (χ0v) is 15.6. The molecule has 7 heteroatoms. The Morgan fingerprint density at radius 3 is 2.96 bits per heavy atom. The van der Waals surface area contributed by atoms with Crippen LogP contribution in [0.25, 0.3) is 11.4 Å². The van der Waals surface area contributed by atoms with Gasteiger partial charge in [0.15, 0.2) is 0 Å². The summed E-state index contributed by atoms with van der Waals surface area (Å²) in [5.41, 5.74) is 3.36. The van der Waals surface area contributed by atoms with Crippen molar-refractivity contribution in [2.45, 2.75) is 19.4 Å². The first kappa shape index (κ1) is 18.3. The van der Waals surface area contributed by atoms with E-state index in [2.05, 4.69) is 15.2 Å². The highest BCUT2D eigenvalue weighted by atomic mass is 19.1. The molecular weight excluding hydrogens is 359 g/mol. The number of rotatable bonds is 4. The molecule has 1 atom stereocenters. The van der Waals surface area contributed by atoms with E-state index in [1.807, 2.05) is 19.1 Å². The highest BCUT2D eigenvalue weighted by Gasteiger charge is 2.30. The van der Waals surface area contributed by atoms with Crippen LogP contribution < -0.4 is 0 Å². The molecule has 1 aromatic carbocycles. The Bertz CT molecular complexity index is 988. The number of morpholine rings is 1. The van der Waals surface area contributed by atoms with Crippen LogP contribution in [0.3, 0.4) is 0 Å². The lowest BCUT2D eigenvalue weighted by molar-refractivity contribution is -0.00215. The van der Waals surface area contributed by atoms with E-state index in [0.717, 1.165) is 5.56 Å². The number of carbonyl (C=O) groups is 1. The number of halogens is 1. The summed E-state index contributed by atoms with van der Waals surface area (Å²) in [4.78, 5) is 19.1. The molecule has 0 radical (unpaired) electrons. The third kappa shape index (κ3) is 3.80. The minimum atomic E-state index is -0.269. The molecule has 6 nitrogen and oxygen atoms in total. The third-order valence-corrected chi connectivity index (χ3v) is 4.89. The zero-order chi connectivity index (χ0) is 19.5. The molecule has 1 aliphatic rings. The van der Waals surface area contributed by atoms with Gasteiger partial charge in [0, 0.05) is 12.7 Å². The van der Waals surface area contributed by atoms with Crippen LogP contribution in [0.2, 0.25) is 0 Å². The van der Waals surface area contributed by atoms with E-state index < -0.39 is 0 Å². The lowest BCUT2D eigenvalue weighted by Gasteiger charge is -2.35. The van der Waals surface area contributed by atoms with E-state index in [0.29, 0.717) is 48.8 Å². The lowest BCUT2D eigenvalue weighted by Crippen LogP contribution is -2.50. The molecule has 0 unspecified atom stereocenters. The van der Waals surface area contributed by atoms with Crippen molar-refractivity contribution in [3.8, 4) is 11.4 Å². The summed E-state index contributed by atoms with van der Waals surface area (Å²) in [6.07, 6.45) is 2.12. The summed E-state index contributed by atoms with van der Waals surface area (Å²) >= 11 is 0. The fourth-order valence-corrected chi connectivity index (χ4v) is 3.40. The quantitative estimate of drug-likeness (QED) is 0.755. The fraction of sp³-hybridized carbons (Fsp3) is 0.286. The molecular formula is C21H21FN4O2. The topological polar surface area (TPSA) is 71.1 Å². The SMILES string of the molecule is Cc1ccnc(-c2cc(C(=O)N3CCOC[C@H]3Cc3ccccc3F)[nH]n2)c1. The van der Waals surface area contributed by atoms with E-state index in [-0.39, 0.29) is 17.8 Å². The van der Waals surface area contributed by atoms with Crippen molar-refractivity contribution >= 4 is 5.91 Å². The Balaban J connectivity index is 1.55. The second-order valence-electron chi connectivity index (χ2n) is 6.91. The predicted molar refractivity (Wildman–Crippen MR) is 102 cm³/mol. The number of aryl methyl sites for hydroxylation is 1. The maximum absolute atomic E-state index is 14.1. The van der Waals surface area contributed by atoms with Crippen molar-refractivity contribution < 1.29 is 13.9 Å². The molecule has 28 heavy (non-hydrogen) atoms. The van der Waals surface area contributed by atoms with E-state index in [1.165, 1.54) is 6.07 Å². The Morgan fingerprint density at radius 2 is 2.14 bits per heavy atom. The van der Waals surface area contributed by atoms with E-state index in [9.17, 15) is 9.18 Å². The Hall–Kier alpha value is -3.06. The second kappa shape index (κ2) is 7.90. The minimum Gasteiger partial charge on any atom is -0.377 e. The van der Waals surface area contributed by atoms with Gasteiger partial charge in [-0.1, -0.05) is 18.2 Å². The van der Waals surface area contributed by atoms with Gasteiger partial charge in [-0.05, 0) is 48.7 Å². The summed E-state index contributed by atoms with van der Waals surface area (Å²) in [5, 5.41) is 7.06. The van der Waals surface area contributed by atoms with Crippen molar-refractivity contribution in [3.63, 3.8) is 0 Å². The van der Waals surface area contributed by atoms with Gasteiger partial charge in [-0.25, -0.2) is 4.39 Å². The van der Waals surface area contributed by atoms with Crippen LogP contribution in [0.1, 0.15) is 21.6 Å². The van der Waals surface area contributed by atoms with Gasteiger partial charge in [-0.2, -0.15) is 5.10 Å². The predicted octanol–water partition coefficient (Wildman–Crippen LogP) is 3.00. The molecule has 1 N–H and O–H groups in total. The largest absolute Gasteiger partial charge is 0.377 e. The molecule has 0 aliphatic carbocycles. The number of hydrogen-bond acceptors (Lipinski definition) is 4. The minimum absolute atomic E-state index is 0.170. The Kier molecular flexibility index (Phi) is 5.16. The second-order valence-corrected chi connectivity index (χ2v) is 6.91. The van der Waals surface area contributed by atoms with Crippen molar-refractivity contribution in [2.75, 3.05) is 19.8 Å². The normalized spacial score (nSPS) is 16.9. The van der Waals surface area contributed by atoms with E-state index >= 15 is 0 Å². The monoisotopic (exact) mass is 380 g/mol. The summed E-state index contributed by atoms with van der Waals surface area (Å²) in [6, 6.07) is 11.9. The van der Waals surface area contributed by atoms with Crippen LogP contribution in [0.15, 0.2) is 48.7 Å². The Morgan fingerprint density at radius 1 is 1.29 bits per heavy atom. The van der Waals surface area contributed by atoms with Crippen LogP contribution in [-0.4, -0.2) is 51.8 Å². The van der Waals surface area contributed by atoms with Crippen molar-refractivity contribution in [3.05, 3.63) is 71.3 Å². The first-order valence-corrected chi connectivity index (χ1v) is 9.22. The number of ether oxygens (including phenoxy) is 1. The first-order chi connectivity index (χ1) is 13.6. The molecule has 0 spiro atoms. The number of nitrogens with one attached hydrogen (secondary N) is 1. The number of hydrogen-bond donors (Lipinski definition) is 1. The van der Waals surface area contributed by atoms with Gasteiger partial charge in [0.25, 0.3) is 5.91 Å². The van der Waals surface area contributed by atoms with E-state index in [1.54, 1.807) is 35.4 Å². The zero-order valence-electron chi connectivity index (χ0n) is 15.6. The van der Waals surface area contributed by atoms with Crippen LogP contribution in [0.5, 0.6) is 0 Å². The fourth-order valence-electron chi connectivity index (χ4n) is 3.40. The first-order valence-electron chi connectivity index (χ1n) is 9.22. The summed E-state index contributed by atoms with van der Waals surface area (Å²) in [5.74, 6) is -0.439. The summed E-state index contributed by atoms with van der Waals surface area (Å²) in [6.45, 7) is 3.26. The number of H-pyrrole nitrogens is 1. The molecule has 3 heterocycles. The number of benzene rings is 1. The smallest absolute Gasteiger partial charge is 0.272 e. The summed E-state index contributed by atoms with van der Waals surface area (Å²) in [7, 11) is 0. The molecule has 4 rings (SSSR count). The van der Waals surface area contributed by atoms with Gasteiger partial charge in [-0.15, -0.1) is 0 Å².